The average molecular weight is 305 g/mol. The number of pyridine rings is 1. The van der Waals surface area contributed by atoms with Crippen molar-refractivity contribution < 1.29 is 12.8 Å². The van der Waals surface area contributed by atoms with Gasteiger partial charge in [-0.25, -0.2) is 12.8 Å². The van der Waals surface area contributed by atoms with Crippen LogP contribution in [0.1, 0.15) is 24.2 Å². The van der Waals surface area contributed by atoms with Crippen LogP contribution < -0.4 is 0 Å². The molecule has 1 aromatic carbocycles. The zero-order valence-corrected chi connectivity index (χ0v) is 12.7. The summed E-state index contributed by atoms with van der Waals surface area (Å²) in [6.45, 7) is 3.67. The number of halogens is 1. The van der Waals surface area contributed by atoms with Gasteiger partial charge in [-0.3, -0.25) is 4.98 Å². The van der Waals surface area contributed by atoms with Crippen LogP contribution >= 0.6 is 0 Å². The number of aryl methyl sites for hydroxylation is 2. The third kappa shape index (κ3) is 2.70. The molecule has 0 bridgehead atoms. The van der Waals surface area contributed by atoms with E-state index in [1.165, 1.54) is 18.2 Å². The first-order valence-electron chi connectivity index (χ1n) is 6.87. The van der Waals surface area contributed by atoms with E-state index in [2.05, 4.69) is 4.98 Å². The highest BCUT2D eigenvalue weighted by atomic mass is 32.2. The lowest BCUT2D eigenvalue weighted by Gasteiger charge is -2.09. The summed E-state index contributed by atoms with van der Waals surface area (Å²) in [5.74, 6) is -0.422. The normalized spacial score (nSPS) is 15.2. The van der Waals surface area contributed by atoms with Gasteiger partial charge in [-0.15, -0.1) is 0 Å². The van der Waals surface area contributed by atoms with Gasteiger partial charge in [-0.1, -0.05) is 0 Å². The van der Waals surface area contributed by atoms with E-state index in [1.54, 1.807) is 12.1 Å². The maximum Gasteiger partial charge on any atom is 0.181 e. The highest BCUT2D eigenvalue weighted by Crippen LogP contribution is 2.35. The summed E-state index contributed by atoms with van der Waals surface area (Å²) in [7, 11) is -3.32. The van der Waals surface area contributed by atoms with Crippen molar-refractivity contribution in [2.24, 2.45) is 0 Å². The van der Waals surface area contributed by atoms with Crippen LogP contribution in [0.15, 0.2) is 35.2 Å². The van der Waals surface area contributed by atoms with E-state index in [1.807, 2.05) is 13.8 Å². The highest BCUT2D eigenvalue weighted by Gasteiger charge is 2.37. The fourth-order valence-electron chi connectivity index (χ4n) is 2.46. The van der Waals surface area contributed by atoms with Gasteiger partial charge in [0.1, 0.15) is 5.82 Å². The molecule has 3 nitrogen and oxygen atoms in total. The molecular weight excluding hydrogens is 289 g/mol. The second-order valence-electron chi connectivity index (χ2n) is 5.52. The number of hydrogen-bond acceptors (Lipinski definition) is 3. The van der Waals surface area contributed by atoms with Crippen molar-refractivity contribution in [2.75, 3.05) is 0 Å². The summed E-state index contributed by atoms with van der Waals surface area (Å²) < 4.78 is 38.7. The molecule has 0 spiro atoms. The Morgan fingerprint density at radius 2 is 1.71 bits per heavy atom. The van der Waals surface area contributed by atoms with Crippen molar-refractivity contribution in [2.45, 2.75) is 36.8 Å². The Labute approximate surface area is 123 Å². The Bertz CT molecular complexity index is 791. The predicted molar refractivity (Wildman–Crippen MR) is 79.3 cm³/mol. The molecule has 21 heavy (non-hydrogen) atoms. The molecule has 0 unspecified atom stereocenters. The van der Waals surface area contributed by atoms with E-state index < -0.39 is 15.7 Å². The molecule has 1 aliphatic carbocycles. The number of sulfone groups is 1. The van der Waals surface area contributed by atoms with E-state index >= 15 is 0 Å². The topological polar surface area (TPSA) is 47.0 Å². The van der Waals surface area contributed by atoms with Crippen LogP contribution in [0.4, 0.5) is 4.39 Å². The van der Waals surface area contributed by atoms with Crippen molar-refractivity contribution in [3.63, 3.8) is 0 Å². The lowest BCUT2D eigenvalue weighted by atomic mass is 10.0. The zero-order chi connectivity index (χ0) is 15.2. The molecule has 0 radical (unpaired) electrons. The van der Waals surface area contributed by atoms with Crippen molar-refractivity contribution in [3.8, 4) is 11.1 Å². The van der Waals surface area contributed by atoms with E-state index in [0.29, 0.717) is 24.0 Å². The highest BCUT2D eigenvalue weighted by molar-refractivity contribution is 7.92. The molecule has 1 aromatic heterocycles. The number of rotatable bonds is 3. The molecule has 0 aliphatic heterocycles. The fourth-order valence-corrected chi connectivity index (χ4v) is 4.14. The largest absolute Gasteiger partial charge is 0.258 e. The van der Waals surface area contributed by atoms with Crippen LogP contribution in [0.2, 0.25) is 0 Å². The van der Waals surface area contributed by atoms with Gasteiger partial charge in [-0.2, -0.15) is 0 Å². The molecule has 1 fully saturated rings. The first-order chi connectivity index (χ1) is 9.88. The van der Waals surface area contributed by atoms with Gasteiger partial charge in [0.05, 0.1) is 10.1 Å². The van der Waals surface area contributed by atoms with Gasteiger partial charge in [0.25, 0.3) is 0 Å². The number of hydrogen-bond donors (Lipinski definition) is 0. The smallest absolute Gasteiger partial charge is 0.181 e. The van der Waals surface area contributed by atoms with E-state index in [-0.39, 0.29) is 10.1 Å². The second-order valence-corrected chi connectivity index (χ2v) is 7.75. The summed E-state index contributed by atoms with van der Waals surface area (Å²) in [5.41, 5.74) is 2.52. The van der Waals surface area contributed by atoms with Gasteiger partial charge in [0.15, 0.2) is 9.84 Å². The maximum atomic E-state index is 14.1. The summed E-state index contributed by atoms with van der Waals surface area (Å²) in [6.07, 6.45) is 1.39. The number of benzene rings is 1. The lowest BCUT2D eigenvalue weighted by Crippen LogP contribution is -2.07. The van der Waals surface area contributed by atoms with Gasteiger partial charge >= 0.3 is 0 Å². The maximum absolute atomic E-state index is 14.1. The molecule has 0 saturated heterocycles. The van der Waals surface area contributed by atoms with Gasteiger partial charge in [0.2, 0.25) is 0 Å². The van der Waals surface area contributed by atoms with Crippen molar-refractivity contribution >= 4 is 9.84 Å². The van der Waals surface area contributed by atoms with Gasteiger partial charge in [0, 0.05) is 17.0 Å². The zero-order valence-electron chi connectivity index (χ0n) is 11.9. The molecule has 0 N–H and O–H groups in total. The quantitative estimate of drug-likeness (QED) is 0.816. The summed E-state index contributed by atoms with van der Waals surface area (Å²) in [4.78, 5) is 4.46. The minimum Gasteiger partial charge on any atom is -0.258 e. The third-order valence-electron chi connectivity index (χ3n) is 3.62. The fraction of sp³-hybridized carbons (Fsp3) is 0.312. The molecule has 0 atom stereocenters. The molecule has 5 heteroatoms. The predicted octanol–water partition coefficient (Wildman–Crippen LogP) is 3.44. The molecule has 1 aliphatic rings. The minimum absolute atomic E-state index is 0.202. The first-order valence-corrected chi connectivity index (χ1v) is 8.41. The second kappa shape index (κ2) is 4.91. The molecule has 0 amide bonds. The van der Waals surface area contributed by atoms with Gasteiger partial charge < -0.3 is 0 Å². The molecular formula is C16H16FNO2S. The van der Waals surface area contributed by atoms with Gasteiger partial charge in [-0.05, 0) is 62.6 Å². The Balaban J connectivity index is 2.14. The third-order valence-corrected chi connectivity index (χ3v) is 5.88. The standard InChI is InChI=1S/C16H16FNO2S/c1-10-7-12(8-11(2)18-10)15-9-14(5-6-16(15)17)21(19,20)13-3-4-13/h5-9,13H,3-4H2,1-2H3. The Hall–Kier alpha value is -1.75. The summed E-state index contributed by atoms with van der Waals surface area (Å²) >= 11 is 0. The molecule has 1 saturated carbocycles. The van der Waals surface area contributed by atoms with E-state index in [4.69, 9.17) is 0 Å². The van der Waals surface area contributed by atoms with Crippen LogP contribution in [0.25, 0.3) is 11.1 Å². The van der Waals surface area contributed by atoms with Crippen LogP contribution in [0.3, 0.4) is 0 Å². The van der Waals surface area contributed by atoms with E-state index in [0.717, 1.165) is 11.4 Å². The first kappa shape index (κ1) is 14.2. The number of aromatic nitrogens is 1. The molecule has 3 rings (SSSR count). The van der Waals surface area contributed by atoms with Crippen LogP contribution in [-0.4, -0.2) is 18.7 Å². The monoisotopic (exact) mass is 305 g/mol. The van der Waals surface area contributed by atoms with Crippen LogP contribution in [-0.2, 0) is 9.84 Å². The Morgan fingerprint density at radius 1 is 1.10 bits per heavy atom. The molecule has 110 valence electrons. The average Bonchev–Trinajstić information content (AvgIpc) is 3.22. The SMILES string of the molecule is Cc1cc(-c2cc(S(=O)(=O)C3CC3)ccc2F)cc(C)n1. The van der Waals surface area contributed by atoms with E-state index in [9.17, 15) is 12.8 Å². The minimum atomic E-state index is -3.32. The van der Waals surface area contributed by atoms with Crippen LogP contribution in [0, 0.1) is 19.7 Å². The van der Waals surface area contributed by atoms with Crippen LogP contribution in [0.5, 0.6) is 0 Å². The number of nitrogens with zero attached hydrogens (tertiary/aromatic N) is 1. The summed E-state index contributed by atoms with van der Waals surface area (Å²) in [6, 6.07) is 7.55. The van der Waals surface area contributed by atoms with Crippen molar-refractivity contribution in [1.29, 1.82) is 0 Å². The molecule has 1 heterocycles. The Morgan fingerprint density at radius 3 is 2.29 bits per heavy atom. The summed E-state index contributed by atoms with van der Waals surface area (Å²) in [5, 5.41) is -0.295. The lowest BCUT2D eigenvalue weighted by molar-refractivity contribution is 0.593. The van der Waals surface area contributed by atoms with Crippen molar-refractivity contribution in [1.82, 2.24) is 4.98 Å². The molecule has 2 aromatic rings. The van der Waals surface area contributed by atoms with Crippen molar-refractivity contribution in [3.05, 3.63) is 47.5 Å². The Kier molecular flexibility index (Phi) is 3.32.